The molecule has 0 fully saturated rings. The van der Waals surface area contributed by atoms with Crippen LogP contribution in [-0.2, 0) is 11.1 Å². The van der Waals surface area contributed by atoms with E-state index in [4.69, 9.17) is 0 Å². The Labute approximate surface area is 131 Å². The number of fused-ring (bicyclic) bond motifs is 1. The molecule has 0 bridgehead atoms. The summed E-state index contributed by atoms with van der Waals surface area (Å²) < 4.78 is 20.4. The Morgan fingerprint density at radius 2 is 1.45 bits per heavy atom. The van der Waals surface area contributed by atoms with Crippen LogP contribution in [0, 0.1) is 6.92 Å². The molecule has 3 aromatic carbocycles. The van der Waals surface area contributed by atoms with E-state index in [1.807, 2.05) is 12.1 Å². The smallest absolute Gasteiger partial charge is 0.126 e. The Bertz CT molecular complexity index is 800. The summed E-state index contributed by atoms with van der Waals surface area (Å²) in [6.45, 7) is 1.77. The van der Waals surface area contributed by atoms with Gasteiger partial charge in [0.25, 0.3) is 0 Å². The van der Waals surface area contributed by atoms with Gasteiger partial charge in [0.05, 0.1) is 0 Å². The Balaban J connectivity index is 0.000000172. The third kappa shape index (κ3) is 3.63. The number of hydrogen-bond donors (Lipinski definition) is 2. The normalized spacial score (nSPS) is 11.5. The lowest BCUT2D eigenvalue weighted by Gasteiger charge is -2.05. The van der Waals surface area contributed by atoms with Gasteiger partial charge < -0.3 is 14.8 Å². The van der Waals surface area contributed by atoms with Gasteiger partial charge in [0.2, 0.25) is 0 Å². The summed E-state index contributed by atoms with van der Waals surface area (Å²) in [4.78, 5) is 0.331. The number of phenols is 2. The highest BCUT2D eigenvalue weighted by atomic mass is 32.2. The number of hydrogen-bond acceptors (Lipinski definition) is 4. The van der Waals surface area contributed by atoms with E-state index < -0.39 is 11.1 Å². The van der Waals surface area contributed by atoms with E-state index in [1.165, 1.54) is 0 Å². The van der Waals surface area contributed by atoms with Crippen molar-refractivity contribution in [1.82, 2.24) is 0 Å². The van der Waals surface area contributed by atoms with Gasteiger partial charge in [-0.15, -0.1) is 0 Å². The maximum absolute atomic E-state index is 10.2. The van der Waals surface area contributed by atoms with Crippen molar-refractivity contribution in [2.45, 2.75) is 11.8 Å². The van der Waals surface area contributed by atoms with E-state index in [9.17, 15) is 19.0 Å². The van der Waals surface area contributed by atoms with Crippen molar-refractivity contribution in [2.75, 3.05) is 0 Å². The van der Waals surface area contributed by atoms with E-state index in [2.05, 4.69) is 0 Å². The fourth-order valence-corrected chi connectivity index (χ4v) is 2.39. The minimum atomic E-state index is -2.08. The van der Waals surface area contributed by atoms with E-state index in [0.717, 1.165) is 0 Å². The summed E-state index contributed by atoms with van der Waals surface area (Å²) in [5.74, 6) is 0.458. The lowest BCUT2D eigenvalue weighted by molar-refractivity contribution is 0.466. The second kappa shape index (κ2) is 7.06. The molecule has 0 aliphatic rings. The lowest BCUT2D eigenvalue weighted by atomic mass is 10.1. The largest absolute Gasteiger partial charge is 0.768 e. The fourth-order valence-electron chi connectivity index (χ4n) is 2.01. The molecule has 22 heavy (non-hydrogen) atoms. The standard InChI is InChI=1S/C11H10O2.C6H6O2S/c1-7-6-10(12)8-4-2-3-5-9(8)11(7)13;7-9(8)6-4-2-1-3-5-6/h2-6,12-13H,1H3;1-5H,(H,7,8)/p-1. The van der Waals surface area contributed by atoms with Crippen molar-refractivity contribution in [2.24, 2.45) is 0 Å². The topological polar surface area (TPSA) is 80.6 Å². The molecule has 0 amide bonds. The minimum absolute atomic E-state index is 0.214. The van der Waals surface area contributed by atoms with Crippen molar-refractivity contribution >= 4 is 21.9 Å². The van der Waals surface area contributed by atoms with E-state index in [0.29, 0.717) is 21.2 Å². The van der Waals surface area contributed by atoms with Gasteiger partial charge in [0, 0.05) is 15.7 Å². The summed E-state index contributed by atoms with van der Waals surface area (Å²) >= 11 is -2.08. The van der Waals surface area contributed by atoms with Gasteiger partial charge in [-0.05, 0) is 41.8 Å². The Kier molecular flexibility index (Phi) is 5.14. The van der Waals surface area contributed by atoms with Crippen LogP contribution in [0.25, 0.3) is 10.8 Å². The van der Waals surface area contributed by atoms with Crippen LogP contribution in [0.15, 0.2) is 65.6 Å². The van der Waals surface area contributed by atoms with Crippen LogP contribution in [-0.4, -0.2) is 19.0 Å². The highest BCUT2D eigenvalue weighted by Crippen LogP contribution is 2.34. The first-order valence-electron chi connectivity index (χ1n) is 6.55. The molecular weight excluding hydrogens is 300 g/mol. The summed E-state index contributed by atoms with van der Waals surface area (Å²) in [7, 11) is 0. The maximum atomic E-state index is 10.2. The van der Waals surface area contributed by atoms with Crippen LogP contribution in [0.2, 0.25) is 0 Å². The van der Waals surface area contributed by atoms with E-state index >= 15 is 0 Å². The van der Waals surface area contributed by atoms with Crippen LogP contribution in [0.1, 0.15) is 5.56 Å². The molecule has 0 aromatic heterocycles. The van der Waals surface area contributed by atoms with Crippen LogP contribution >= 0.6 is 0 Å². The van der Waals surface area contributed by atoms with Gasteiger partial charge in [-0.1, -0.05) is 42.5 Å². The van der Waals surface area contributed by atoms with Crippen LogP contribution < -0.4 is 0 Å². The average molecular weight is 315 g/mol. The number of phenolic OH excluding ortho intramolecular Hbond substituents is 2. The van der Waals surface area contributed by atoms with Gasteiger partial charge >= 0.3 is 0 Å². The molecule has 114 valence electrons. The Morgan fingerprint density at radius 1 is 0.909 bits per heavy atom. The van der Waals surface area contributed by atoms with Gasteiger partial charge in [0.1, 0.15) is 11.5 Å². The molecule has 3 aromatic rings. The van der Waals surface area contributed by atoms with Gasteiger partial charge in [-0.3, -0.25) is 4.21 Å². The Hall–Kier alpha value is -2.37. The molecule has 1 unspecified atom stereocenters. The molecule has 3 rings (SSSR count). The number of benzene rings is 3. The van der Waals surface area contributed by atoms with Crippen molar-refractivity contribution in [3.05, 3.63) is 66.2 Å². The van der Waals surface area contributed by atoms with Crippen molar-refractivity contribution in [3.63, 3.8) is 0 Å². The van der Waals surface area contributed by atoms with Crippen molar-refractivity contribution in [3.8, 4) is 11.5 Å². The highest BCUT2D eigenvalue weighted by molar-refractivity contribution is 7.79. The zero-order valence-corrected chi connectivity index (χ0v) is 12.7. The third-order valence-corrected chi connectivity index (χ3v) is 3.78. The molecule has 0 spiro atoms. The average Bonchev–Trinajstić information content (AvgIpc) is 2.54. The maximum Gasteiger partial charge on any atom is 0.126 e. The predicted octanol–water partition coefficient (Wildman–Crippen LogP) is 3.48. The summed E-state index contributed by atoms with van der Waals surface area (Å²) in [5.41, 5.74) is 0.691. The molecule has 4 nitrogen and oxygen atoms in total. The molecule has 2 N–H and O–H groups in total. The van der Waals surface area contributed by atoms with E-state index in [1.54, 1.807) is 55.5 Å². The van der Waals surface area contributed by atoms with Crippen LogP contribution in [0.5, 0.6) is 11.5 Å². The van der Waals surface area contributed by atoms with Crippen LogP contribution in [0.4, 0.5) is 0 Å². The Morgan fingerprint density at radius 3 is 2.00 bits per heavy atom. The van der Waals surface area contributed by atoms with Crippen molar-refractivity contribution < 1.29 is 19.0 Å². The predicted molar refractivity (Wildman–Crippen MR) is 85.6 cm³/mol. The number of rotatable bonds is 1. The SMILES string of the molecule is Cc1cc(O)c2ccccc2c1O.O=S([O-])c1ccccc1. The molecule has 0 saturated heterocycles. The lowest BCUT2D eigenvalue weighted by Crippen LogP contribution is -1.85. The summed E-state index contributed by atoms with van der Waals surface area (Å²) in [6.07, 6.45) is 0. The zero-order valence-electron chi connectivity index (χ0n) is 11.9. The first-order chi connectivity index (χ1) is 10.5. The quantitative estimate of drug-likeness (QED) is 0.532. The monoisotopic (exact) mass is 315 g/mol. The van der Waals surface area contributed by atoms with Gasteiger partial charge in [-0.2, -0.15) is 0 Å². The molecule has 5 heteroatoms. The summed E-state index contributed by atoms with van der Waals surface area (Å²) in [5, 5.41) is 20.6. The molecular formula is C17H15O4S-. The first kappa shape index (κ1) is 16.0. The molecule has 0 radical (unpaired) electrons. The van der Waals surface area contributed by atoms with Gasteiger partial charge in [-0.25, -0.2) is 0 Å². The zero-order chi connectivity index (χ0) is 16.1. The fraction of sp³-hybridized carbons (Fsp3) is 0.0588. The highest BCUT2D eigenvalue weighted by Gasteiger charge is 2.06. The first-order valence-corrected chi connectivity index (χ1v) is 7.62. The van der Waals surface area contributed by atoms with Crippen molar-refractivity contribution in [1.29, 1.82) is 0 Å². The number of aromatic hydroxyl groups is 2. The second-order valence-corrected chi connectivity index (χ2v) is 5.60. The second-order valence-electron chi connectivity index (χ2n) is 4.65. The molecule has 0 aliphatic carbocycles. The minimum Gasteiger partial charge on any atom is -0.768 e. The molecule has 1 atom stereocenters. The van der Waals surface area contributed by atoms with Crippen LogP contribution in [0.3, 0.4) is 0 Å². The summed E-state index contributed by atoms with van der Waals surface area (Å²) in [6, 6.07) is 17.0. The molecule has 0 heterocycles. The van der Waals surface area contributed by atoms with E-state index in [-0.39, 0.29) is 11.5 Å². The molecule has 0 saturated carbocycles. The molecule has 0 aliphatic heterocycles. The van der Waals surface area contributed by atoms with Gasteiger partial charge in [0.15, 0.2) is 0 Å². The third-order valence-electron chi connectivity index (χ3n) is 3.12. The number of aryl methyl sites for hydroxylation is 1.